The standard InChI is InChI=1S/C43H76NO9P/c1-3-5-7-8-9-10-11-12-13-14-18-21-24-27-30-34-42(46)50-38-41(39-52-54(48,49)51-37-36-44)53-43(47)35-31-28-25-22-19-16-15-17-20-23-26-29-33-40(45)32-6-4-2/h10-11,15-16,20,22-23,25,29,33,40-41,45H,3-9,12-14,17-19,21,24,26-28,30-32,34-39,44H2,1-2H3,(H,48,49)/b11-10-,16-15-,23-20-,25-22-,33-29-/t40-,41-/m1/s1. The summed E-state index contributed by atoms with van der Waals surface area (Å²) < 4.78 is 32.6. The highest BCUT2D eigenvalue weighted by Gasteiger charge is 2.25. The number of aliphatic hydroxyl groups excluding tert-OH is 1. The Labute approximate surface area is 328 Å². The Hall–Kier alpha value is -2.33. The lowest BCUT2D eigenvalue weighted by molar-refractivity contribution is -0.161. The number of allylic oxidation sites excluding steroid dienone is 9. The molecule has 4 N–H and O–H groups in total. The maximum absolute atomic E-state index is 12.5. The van der Waals surface area contributed by atoms with Crippen LogP contribution in [-0.4, -0.2) is 60.5 Å². The largest absolute Gasteiger partial charge is 0.472 e. The monoisotopic (exact) mass is 782 g/mol. The van der Waals surface area contributed by atoms with Crippen molar-refractivity contribution < 1.29 is 42.7 Å². The summed E-state index contributed by atoms with van der Waals surface area (Å²) in [5, 5.41) is 9.80. The third-order valence-corrected chi connectivity index (χ3v) is 9.43. The van der Waals surface area contributed by atoms with Crippen molar-refractivity contribution in [3.63, 3.8) is 0 Å². The topological polar surface area (TPSA) is 155 Å². The molecule has 54 heavy (non-hydrogen) atoms. The van der Waals surface area contributed by atoms with Crippen LogP contribution >= 0.6 is 7.82 Å². The third kappa shape index (κ3) is 38.0. The molecule has 0 spiro atoms. The van der Waals surface area contributed by atoms with Crippen LogP contribution in [0, 0.1) is 0 Å². The van der Waals surface area contributed by atoms with Crippen molar-refractivity contribution in [2.24, 2.45) is 5.73 Å². The van der Waals surface area contributed by atoms with Crippen LogP contribution in [0.15, 0.2) is 60.8 Å². The Morgan fingerprint density at radius 3 is 1.78 bits per heavy atom. The summed E-state index contributed by atoms with van der Waals surface area (Å²) in [7, 11) is -4.40. The molecule has 0 radical (unpaired) electrons. The Kier molecular flexibility index (Phi) is 37.2. The molecule has 0 saturated carbocycles. The van der Waals surface area contributed by atoms with Crippen molar-refractivity contribution >= 4 is 19.8 Å². The Morgan fingerprint density at radius 1 is 0.630 bits per heavy atom. The van der Waals surface area contributed by atoms with Gasteiger partial charge in [-0.3, -0.25) is 18.6 Å². The van der Waals surface area contributed by atoms with Crippen molar-refractivity contribution in [3.05, 3.63) is 60.8 Å². The zero-order valence-corrected chi connectivity index (χ0v) is 34.7. The van der Waals surface area contributed by atoms with Crippen molar-refractivity contribution in [2.75, 3.05) is 26.4 Å². The van der Waals surface area contributed by atoms with Crippen LogP contribution in [0.25, 0.3) is 0 Å². The number of aliphatic hydroxyl groups is 1. The predicted octanol–water partition coefficient (Wildman–Crippen LogP) is 10.7. The molecule has 0 heterocycles. The van der Waals surface area contributed by atoms with Gasteiger partial charge in [-0.15, -0.1) is 0 Å². The summed E-state index contributed by atoms with van der Waals surface area (Å²) in [6.45, 7) is 3.46. The van der Waals surface area contributed by atoms with Crippen LogP contribution in [0.5, 0.6) is 0 Å². The number of hydrogen-bond acceptors (Lipinski definition) is 9. The van der Waals surface area contributed by atoms with Crippen LogP contribution in [0.1, 0.15) is 162 Å². The minimum absolute atomic E-state index is 0.0350. The lowest BCUT2D eigenvalue weighted by Crippen LogP contribution is -2.29. The van der Waals surface area contributed by atoms with Gasteiger partial charge in [-0.2, -0.15) is 0 Å². The van der Waals surface area contributed by atoms with E-state index in [2.05, 4.69) is 50.3 Å². The first-order chi connectivity index (χ1) is 26.2. The van der Waals surface area contributed by atoms with Gasteiger partial charge in [0.25, 0.3) is 0 Å². The Morgan fingerprint density at radius 2 is 1.15 bits per heavy atom. The van der Waals surface area contributed by atoms with Gasteiger partial charge in [0.1, 0.15) is 6.61 Å². The highest BCUT2D eigenvalue weighted by Crippen LogP contribution is 2.43. The number of phosphoric ester groups is 1. The van der Waals surface area contributed by atoms with Gasteiger partial charge in [0.2, 0.25) is 0 Å². The van der Waals surface area contributed by atoms with Gasteiger partial charge in [-0.1, -0.05) is 139 Å². The third-order valence-electron chi connectivity index (χ3n) is 8.45. The van der Waals surface area contributed by atoms with Crippen LogP contribution in [0.3, 0.4) is 0 Å². The fourth-order valence-corrected chi connectivity index (χ4v) is 6.05. The molecule has 0 aliphatic rings. The van der Waals surface area contributed by atoms with Gasteiger partial charge in [-0.25, -0.2) is 4.57 Å². The smallest absolute Gasteiger partial charge is 0.462 e. The second-order valence-corrected chi connectivity index (χ2v) is 15.1. The van der Waals surface area contributed by atoms with Gasteiger partial charge in [0, 0.05) is 19.4 Å². The number of hydrogen-bond donors (Lipinski definition) is 3. The van der Waals surface area contributed by atoms with Gasteiger partial charge >= 0.3 is 19.8 Å². The first-order valence-corrected chi connectivity index (χ1v) is 22.3. The molecule has 0 amide bonds. The van der Waals surface area contributed by atoms with Crippen molar-refractivity contribution in [3.8, 4) is 0 Å². The summed E-state index contributed by atoms with van der Waals surface area (Å²) in [4.78, 5) is 34.8. The molecule has 0 aromatic rings. The summed E-state index contributed by atoms with van der Waals surface area (Å²) in [5.74, 6) is -0.926. The van der Waals surface area contributed by atoms with Crippen molar-refractivity contribution in [1.29, 1.82) is 0 Å². The molecule has 312 valence electrons. The molecule has 3 atom stereocenters. The molecule has 10 nitrogen and oxygen atoms in total. The zero-order valence-electron chi connectivity index (χ0n) is 33.8. The lowest BCUT2D eigenvalue weighted by Gasteiger charge is -2.19. The van der Waals surface area contributed by atoms with E-state index in [9.17, 15) is 24.2 Å². The maximum atomic E-state index is 12.5. The zero-order chi connectivity index (χ0) is 39.8. The molecule has 0 bridgehead atoms. The molecule has 11 heteroatoms. The van der Waals surface area contributed by atoms with E-state index in [1.54, 1.807) is 0 Å². The van der Waals surface area contributed by atoms with E-state index in [1.165, 1.54) is 51.4 Å². The SMILES string of the molecule is CCCCCC/C=C\CCCCCCCCCC(=O)OC[C@H](COP(=O)(O)OCCN)OC(=O)CCC/C=C\C/C=C\C/C=C\C/C=C\[C@H](O)CCCC. The molecular formula is C43H76NO9P. The average Bonchev–Trinajstić information content (AvgIpc) is 3.15. The van der Waals surface area contributed by atoms with Gasteiger partial charge in [0.15, 0.2) is 6.10 Å². The fourth-order valence-electron chi connectivity index (χ4n) is 5.29. The molecule has 0 saturated heterocycles. The Balaban J connectivity index is 4.32. The summed E-state index contributed by atoms with van der Waals surface area (Å²) in [6, 6.07) is 0. The molecule has 1 unspecified atom stereocenters. The fraction of sp³-hybridized carbons (Fsp3) is 0.721. The molecule has 0 rings (SSSR count). The first kappa shape index (κ1) is 51.7. The van der Waals surface area contributed by atoms with E-state index < -0.39 is 32.5 Å². The summed E-state index contributed by atoms with van der Waals surface area (Å²) in [5.41, 5.74) is 5.33. The minimum atomic E-state index is -4.40. The van der Waals surface area contributed by atoms with Gasteiger partial charge in [-0.05, 0) is 70.6 Å². The normalized spacial score (nSPS) is 14.5. The molecule has 0 aliphatic carbocycles. The molecule has 0 aromatic heterocycles. The summed E-state index contributed by atoms with van der Waals surface area (Å²) in [6.07, 6.45) is 41.6. The van der Waals surface area contributed by atoms with E-state index >= 15 is 0 Å². The lowest BCUT2D eigenvalue weighted by atomic mass is 10.1. The predicted molar refractivity (Wildman–Crippen MR) is 221 cm³/mol. The van der Waals surface area contributed by atoms with Crippen molar-refractivity contribution in [2.45, 2.75) is 174 Å². The van der Waals surface area contributed by atoms with E-state index in [0.717, 1.165) is 64.2 Å². The number of carbonyl (C=O) groups excluding carboxylic acids is 2. The van der Waals surface area contributed by atoms with Crippen LogP contribution < -0.4 is 5.73 Å². The van der Waals surface area contributed by atoms with Crippen LogP contribution in [0.4, 0.5) is 0 Å². The van der Waals surface area contributed by atoms with E-state index in [4.69, 9.17) is 24.3 Å². The van der Waals surface area contributed by atoms with Crippen LogP contribution in [-0.2, 0) is 32.7 Å². The Bertz CT molecular complexity index is 1090. The minimum Gasteiger partial charge on any atom is -0.462 e. The van der Waals surface area contributed by atoms with Crippen molar-refractivity contribution in [1.82, 2.24) is 0 Å². The van der Waals surface area contributed by atoms with E-state index in [-0.39, 0.29) is 38.7 Å². The second-order valence-electron chi connectivity index (χ2n) is 13.7. The second kappa shape index (κ2) is 38.9. The molecule has 0 aliphatic heterocycles. The van der Waals surface area contributed by atoms with Crippen LogP contribution in [0.2, 0.25) is 0 Å². The number of nitrogens with two attached hydrogens (primary N) is 1. The molecule has 0 aromatic carbocycles. The maximum Gasteiger partial charge on any atom is 0.472 e. The number of carbonyl (C=O) groups is 2. The van der Waals surface area contributed by atoms with E-state index in [0.29, 0.717) is 19.3 Å². The molecular weight excluding hydrogens is 705 g/mol. The number of rotatable bonds is 38. The summed E-state index contributed by atoms with van der Waals surface area (Å²) >= 11 is 0. The highest BCUT2D eigenvalue weighted by molar-refractivity contribution is 7.47. The first-order valence-electron chi connectivity index (χ1n) is 20.9. The highest BCUT2D eigenvalue weighted by atomic mass is 31.2. The average molecular weight is 782 g/mol. The number of phosphoric acid groups is 1. The molecule has 0 fully saturated rings. The number of unbranched alkanes of at least 4 members (excludes halogenated alkanes) is 13. The quantitative estimate of drug-likeness (QED) is 0.0239. The van der Waals surface area contributed by atoms with E-state index in [1.807, 2.05) is 24.3 Å². The number of ether oxygens (including phenoxy) is 2. The van der Waals surface area contributed by atoms with Gasteiger partial charge < -0.3 is 25.2 Å². The van der Waals surface area contributed by atoms with Gasteiger partial charge in [0.05, 0.1) is 19.3 Å². The number of esters is 2.